The first-order chi connectivity index (χ1) is 22.3. The molecule has 0 aliphatic carbocycles. The number of halogens is 1. The van der Waals surface area contributed by atoms with Gasteiger partial charge in [-0.2, -0.15) is 11.3 Å². The first-order valence-corrected chi connectivity index (χ1v) is 16.7. The first kappa shape index (κ1) is 31.5. The smallest absolute Gasteiger partial charge is 0.318 e. The van der Waals surface area contributed by atoms with Gasteiger partial charge in [-0.1, -0.05) is 49.4 Å². The van der Waals surface area contributed by atoms with Crippen LogP contribution in [0.15, 0.2) is 89.8 Å². The molecule has 3 aromatic carbocycles. The third kappa shape index (κ3) is 7.00. The number of para-hydroxylation sites is 1. The van der Waals surface area contributed by atoms with Crippen molar-refractivity contribution >= 4 is 39.9 Å². The molecule has 46 heavy (non-hydrogen) atoms. The van der Waals surface area contributed by atoms with Crippen LogP contribution in [0.5, 0.6) is 0 Å². The number of anilines is 1. The van der Waals surface area contributed by atoms with Gasteiger partial charge in [0.15, 0.2) is 0 Å². The van der Waals surface area contributed by atoms with Gasteiger partial charge in [0.2, 0.25) is 5.91 Å². The van der Waals surface area contributed by atoms with E-state index in [1.165, 1.54) is 12.1 Å². The Morgan fingerprint density at radius 1 is 1.04 bits per heavy atom. The van der Waals surface area contributed by atoms with Gasteiger partial charge in [-0.3, -0.25) is 4.79 Å². The maximum Gasteiger partial charge on any atom is 0.318 e. The molecule has 0 saturated carbocycles. The molecule has 1 fully saturated rings. The number of aromatic amines is 1. The van der Waals surface area contributed by atoms with Gasteiger partial charge >= 0.3 is 6.03 Å². The van der Waals surface area contributed by atoms with E-state index in [2.05, 4.69) is 38.0 Å². The van der Waals surface area contributed by atoms with E-state index >= 15 is 0 Å². The predicted molar refractivity (Wildman–Crippen MR) is 185 cm³/mol. The minimum Gasteiger partial charge on any atom is -0.361 e. The molecule has 0 bridgehead atoms. The normalized spacial score (nSPS) is 15.2. The Hall–Kier alpha value is -4.47. The second kappa shape index (κ2) is 13.9. The number of likely N-dealkylation sites (tertiary alicyclic amines) is 1. The Bertz CT molecular complexity index is 1790. The maximum absolute atomic E-state index is 14.3. The van der Waals surface area contributed by atoms with Crippen LogP contribution >= 0.6 is 11.3 Å². The molecule has 1 aliphatic heterocycles. The molecular weight excluding hydrogens is 598 g/mol. The van der Waals surface area contributed by atoms with Crippen LogP contribution in [0.2, 0.25) is 0 Å². The lowest BCUT2D eigenvalue weighted by molar-refractivity contribution is -0.118. The number of aromatic nitrogens is 1. The fraction of sp³-hybridized carbons (Fsp3) is 0.297. The number of carbonyl (C=O) groups is 2. The molecule has 5 aromatic rings. The van der Waals surface area contributed by atoms with Crippen molar-refractivity contribution in [1.82, 2.24) is 20.1 Å². The number of piperidine rings is 1. The van der Waals surface area contributed by atoms with E-state index in [0.717, 1.165) is 58.1 Å². The Morgan fingerprint density at radius 2 is 1.80 bits per heavy atom. The van der Waals surface area contributed by atoms with Crippen molar-refractivity contribution in [1.29, 1.82) is 0 Å². The van der Waals surface area contributed by atoms with Crippen LogP contribution in [-0.4, -0.2) is 59.9 Å². The highest BCUT2D eigenvalue weighted by Gasteiger charge is 2.33. The lowest BCUT2D eigenvalue weighted by atomic mass is 9.89. The highest BCUT2D eigenvalue weighted by atomic mass is 32.1. The molecule has 3 N–H and O–H groups in total. The largest absolute Gasteiger partial charge is 0.361 e. The Labute approximate surface area is 273 Å². The van der Waals surface area contributed by atoms with E-state index in [1.54, 1.807) is 16.2 Å². The summed E-state index contributed by atoms with van der Waals surface area (Å²) in [6.07, 6.45) is 3.48. The van der Waals surface area contributed by atoms with Crippen molar-refractivity contribution in [3.05, 3.63) is 112 Å². The topological polar surface area (TPSA) is 80.5 Å². The maximum atomic E-state index is 14.3. The van der Waals surface area contributed by atoms with Crippen LogP contribution in [0.4, 0.5) is 14.9 Å². The van der Waals surface area contributed by atoms with E-state index in [1.807, 2.05) is 81.1 Å². The second-order valence-corrected chi connectivity index (χ2v) is 13.2. The van der Waals surface area contributed by atoms with Crippen molar-refractivity contribution < 1.29 is 14.0 Å². The zero-order valence-corrected chi connectivity index (χ0v) is 27.2. The molecule has 2 aromatic heterocycles. The average Bonchev–Trinajstić information content (AvgIpc) is 3.74. The Kier molecular flexibility index (Phi) is 9.51. The lowest BCUT2D eigenvalue weighted by Crippen LogP contribution is -2.53. The van der Waals surface area contributed by atoms with E-state index < -0.39 is 6.04 Å². The van der Waals surface area contributed by atoms with Gasteiger partial charge in [-0.05, 0) is 96.2 Å². The van der Waals surface area contributed by atoms with E-state index in [9.17, 15) is 14.0 Å². The fourth-order valence-corrected chi connectivity index (χ4v) is 7.14. The van der Waals surface area contributed by atoms with Crippen molar-refractivity contribution in [3.63, 3.8) is 0 Å². The summed E-state index contributed by atoms with van der Waals surface area (Å²) in [5, 5.41) is 11.5. The van der Waals surface area contributed by atoms with Crippen molar-refractivity contribution in [2.24, 2.45) is 0 Å². The summed E-state index contributed by atoms with van der Waals surface area (Å²) in [5.74, 6) is -0.586. The first-order valence-electron chi connectivity index (χ1n) is 15.7. The Balaban J connectivity index is 1.26. The molecular formula is C37H40FN5O2S. The minimum atomic E-state index is -0.839. The number of rotatable bonds is 9. The third-order valence-corrected chi connectivity index (χ3v) is 9.65. The number of nitrogens with zero attached hydrogens (tertiary/aromatic N) is 2. The van der Waals surface area contributed by atoms with Gasteiger partial charge in [0.1, 0.15) is 11.9 Å². The van der Waals surface area contributed by atoms with Gasteiger partial charge in [0.05, 0.1) is 0 Å². The van der Waals surface area contributed by atoms with Crippen molar-refractivity contribution in [2.45, 2.75) is 44.2 Å². The molecule has 3 heterocycles. The summed E-state index contributed by atoms with van der Waals surface area (Å²) in [6.45, 7) is 3.83. The summed E-state index contributed by atoms with van der Waals surface area (Å²) in [7, 11) is 4.03. The van der Waals surface area contributed by atoms with Crippen LogP contribution in [0.25, 0.3) is 22.0 Å². The predicted octanol–water partition coefficient (Wildman–Crippen LogP) is 7.80. The van der Waals surface area contributed by atoms with Crippen LogP contribution in [-0.2, 0) is 11.3 Å². The van der Waals surface area contributed by atoms with Crippen LogP contribution < -0.4 is 10.6 Å². The summed E-state index contributed by atoms with van der Waals surface area (Å²) >= 11 is 1.61. The third-order valence-electron chi connectivity index (χ3n) is 8.97. The molecule has 7 nitrogen and oxygen atoms in total. The molecule has 6 rings (SSSR count). The van der Waals surface area contributed by atoms with Crippen molar-refractivity contribution in [3.8, 4) is 11.1 Å². The molecule has 2 atom stereocenters. The molecule has 238 valence electrons. The number of nitrogens with one attached hydrogen (secondary N) is 3. The molecule has 1 aliphatic rings. The molecule has 1 saturated heterocycles. The van der Waals surface area contributed by atoms with Gasteiger partial charge in [-0.25, -0.2) is 9.18 Å². The molecule has 0 spiro atoms. The summed E-state index contributed by atoms with van der Waals surface area (Å²) in [6, 6.07) is 21.8. The van der Waals surface area contributed by atoms with Gasteiger partial charge in [0, 0.05) is 53.9 Å². The summed E-state index contributed by atoms with van der Waals surface area (Å²) in [4.78, 5) is 35.3. The number of amides is 3. The number of fused-ring (bicyclic) bond motifs is 1. The molecule has 0 unspecified atom stereocenters. The molecule has 3 amide bonds. The number of urea groups is 1. The number of benzene rings is 3. The van der Waals surface area contributed by atoms with E-state index in [-0.39, 0.29) is 29.6 Å². The Morgan fingerprint density at radius 3 is 2.52 bits per heavy atom. The van der Waals surface area contributed by atoms with Crippen LogP contribution in [0.1, 0.15) is 48.3 Å². The zero-order chi connectivity index (χ0) is 32.2. The quantitative estimate of drug-likeness (QED) is 0.154. The summed E-state index contributed by atoms with van der Waals surface area (Å²) < 4.78 is 13.5. The van der Waals surface area contributed by atoms with E-state index in [0.29, 0.717) is 18.8 Å². The zero-order valence-electron chi connectivity index (χ0n) is 26.4. The monoisotopic (exact) mass is 637 g/mol. The van der Waals surface area contributed by atoms with E-state index in [4.69, 9.17) is 0 Å². The number of hydrogen-bond donors (Lipinski definition) is 3. The highest BCUT2D eigenvalue weighted by Crippen LogP contribution is 2.34. The highest BCUT2D eigenvalue weighted by molar-refractivity contribution is 7.08. The average molecular weight is 638 g/mol. The van der Waals surface area contributed by atoms with Crippen LogP contribution in [0, 0.1) is 5.82 Å². The second-order valence-electron chi connectivity index (χ2n) is 12.4. The molecule has 9 heteroatoms. The van der Waals surface area contributed by atoms with Crippen LogP contribution in [0.3, 0.4) is 0 Å². The standard InChI is InChI=1S/C37H40FN5O2S/c1-24(32-21-39-33-7-5-4-6-31(32)33)35(41-37(45)43-17-14-27(15-18-43)26-9-11-29(38)12-10-26)36(44)40-34-20-25(22-42(2)3)8-13-30(34)28-16-19-46-23-28/h4-13,16,19-21,23-24,27,35,39H,14-15,17-18,22H2,1-3H3,(H,40,44)(H,41,45)/t24-,35-/m1/s1. The van der Waals surface area contributed by atoms with Gasteiger partial charge in [-0.15, -0.1) is 0 Å². The summed E-state index contributed by atoms with van der Waals surface area (Å²) in [5.41, 5.74) is 6.79. The number of hydrogen-bond acceptors (Lipinski definition) is 4. The fourth-order valence-electron chi connectivity index (χ4n) is 6.48. The van der Waals surface area contributed by atoms with Gasteiger partial charge < -0.3 is 25.4 Å². The lowest BCUT2D eigenvalue weighted by Gasteiger charge is -2.34. The SMILES string of the molecule is C[C@H](c1c[nH]c2ccccc12)[C@@H](NC(=O)N1CCC(c2ccc(F)cc2)CC1)C(=O)Nc1cc(CN(C)C)ccc1-c1ccsc1. The number of thiophene rings is 1. The molecule has 0 radical (unpaired) electrons. The van der Waals surface area contributed by atoms with Gasteiger partial charge in [0.25, 0.3) is 0 Å². The number of carbonyl (C=O) groups excluding carboxylic acids is 2. The minimum absolute atomic E-state index is 0.249. The number of H-pyrrole nitrogens is 1. The van der Waals surface area contributed by atoms with Crippen molar-refractivity contribution in [2.75, 3.05) is 32.5 Å².